The van der Waals surface area contributed by atoms with Crippen LogP contribution in [-0.4, -0.2) is 41.8 Å². The van der Waals surface area contributed by atoms with Gasteiger partial charge in [0, 0.05) is 61.6 Å². The van der Waals surface area contributed by atoms with E-state index in [0.29, 0.717) is 28.4 Å². The molecule has 0 unspecified atom stereocenters. The quantitative estimate of drug-likeness (QED) is 0.511. The molecule has 0 radical (unpaired) electrons. The minimum Gasteiger partial charge on any atom is -0.506 e. The molecule has 0 aromatic heterocycles. The van der Waals surface area contributed by atoms with E-state index in [0.717, 1.165) is 66.8 Å². The lowest BCUT2D eigenvalue weighted by atomic mass is 9.71. The summed E-state index contributed by atoms with van der Waals surface area (Å²) in [6, 6.07) is 3.68. The molecule has 0 fully saturated rings. The van der Waals surface area contributed by atoms with Crippen LogP contribution in [-0.2, 0) is 14.3 Å². The first-order valence-corrected chi connectivity index (χ1v) is 12.0. The topological polar surface area (TPSA) is 66.8 Å². The van der Waals surface area contributed by atoms with Gasteiger partial charge in [0.15, 0.2) is 11.6 Å². The van der Waals surface area contributed by atoms with Crippen molar-refractivity contribution in [3.8, 4) is 5.75 Å². The number of phenols is 1. The predicted molar refractivity (Wildman–Crippen MR) is 121 cm³/mol. The van der Waals surface area contributed by atoms with Gasteiger partial charge in [-0.25, -0.2) is 0 Å². The van der Waals surface area contributed by atoms with E-state index in [9.17, 15) is 14.7 Å². The number of rotatable bonds is 5. The van der Waals surface area contributed by atoms with Crippen molar-refractivity contribution in [3.63, 3.8) is 0 Å². The van der Waals surface area contributed by atoms with Gasteiger partial charge in [-0.1, -0.05) is 0 Å². The molecule has 0 spiro atoms. The van der Waals surface area contributed by atoms with Gasteiger partial charge in [-0.15, -0.1) is 0 Å². The molecule has 3 aliphatic rings. The smallest absolute Gasteiger partial charge is 0.161 e. The van der Waals surface area contributed by atoms with Crippen LogP contribution in [0.25, 0.3) is 0 Å². The minimum absolute atomic E-state index is 0.115. The molecule has 1 aromatic carbocycles. The van der Waals surface area contributed by atoms with Gasteiger partial charge in [0.2, 0.25) is 0 Å². The summed E-state index contributed by atoms with van der Waals surface area (Å²) >= 11 is 6.84. The zero-order valence-electron chi connectivity index (χ0n) is 17.0. The zero-order chi connectivity index (χ0) is 21.4. The molecule has 160 valence electrons. The summed E-state index contributed by atoms with van der Waals surface area (Å²) in [7, 11) is 1.69. The molecule has 1 aromatic rings. The first-order valence-electron chi connectivity index (χ1n) is 10.4. The molecule has 1 N–H and O–H groups in total. The van der Waals surface area contributed by atoms with Crippen LogP contribution < -0.4 is 0 Å². The lowest BCUT2D eigenvalue weighted by Crippen LogP contribution is -2.39. The Kier molecular flexibility index (Phi) is 6.51. The summed E-state index contributed by atoms with van der Waals surface area (Å²) in [4.78, 5) is 28.6. The number of halogens is 2. The lowest BCUT2D eigenvalue weighted by Gasteiger charge is -2.44. The van der Waals surface area contributed by atoms with Crippen LogP contribution in [0.2, 0.25) is 0 Å². The molecular weight excluding hydrogens is 514 g/mol. The number of allylic oxidation sites excluding steroid dienone is 4. The molecular formula is C23H25Br2NO4. The van der Waals surface area contributed by atoms with Gasteiger partial charge in [-0.05, 0) is 81.7 Å². The second-order valence-corrected chi connectivity index (χ2v) is 9.75. The largest absolute Gasteiger partial charge is 0.506 e. The van der Waals surface area contributed by atoms with Crippen LogP contribution in [0.4, 0.5) is 0 Å². The van der Waals surface area contributed by atoms with Crippen molar-refractivity contribution in [2.75, 3.05) is 20.3 Å². The molecule has 5 nitrogen and oxygen atoms in total. The van der Waals surface area contributed by atoms with Crippen LogP contribution in [0.15, 0.2) is 43.6 Å². The van der Waals surface area contributed by atoms with Crippen LogP contribution in [0.5, 0.6) is 5.75 Å². The molecule has 30 heavy (non-hydrogen) atoms. The fraction of sp³-hybridized carbons (Fsp3) is 0.478. The van der Waals surface area contributed by atoms with Crippen molar-refractivity contribution in [2.45, 2.75) is 50.9 Å². The number of carbonyl (C=O) groups excluding carboxylic acids is 2. The number of nitrogens with zero attached hydrogens (tertiary/aromatic N) is 1. The zero-order valence-corrected chi connectivity index (χ0v) is 20.1. The monoisotopic (exact) mass is 537 g/mol. The van der Waals surface area contributed by atoms with Crippen molar-refractivity contribution in [2.24, 2.45) is 0 Å². The van der Waals surface area contributed by atoms with Gasteiger partial charge in [-0.3, -0.25) is 9.59 Å². The summed E-state index contributed by atoms with van der Waals surface area (Å²) in [6.07, 6.45) is 5.23. The van der Waals surface area contributed by atoms with E-state index < -0.39 is 0 Å². The van der Waals surface area contributed by atoms with Crippen molar-refractivity contribution in [1.82, 2.24) is 4.90 Å². The van der Waals surface area contributed by atoms with E-state index in [1.807, 2.05) is 12.1 Å². The van der Waals surface area contributed by atoms with Crippen molar-refractivity contribution in [3.05, 3.63) is 49.2 Å². The number of ether oxygens (including phenoxy) is 1. The summed E-state index contributed by atoms with van der Waals surface area (Å²) in [5.41, 5.74) is 4.52. The van der Waals surface area contributed by atoms with Crippen molar-refractivity contribution >= 4 is 43.4 Å². The number of hydrogen-bond acceptors (Lipinski definition) is 5. The average molecular weight is 539 g/mol. The molecule has 2 aliphatic carbocycles. The third-order valence-electron chi connectivity index (χ3n) is 6.19. The Bertz CT molecular complexity index is 899. The fourth-order valence-corrected chi connectivity index (χ4v) is 6.16. The number of methoxy groups -OCH3 is 1. The molecule has 0 bridgehead atoms. The highest BCUT2D eigenvalue weighted by molar-refractivity contribution is 9.11. The summed E-state index contributed by atoms with van der Waals surface area (Å²) in [5.74, 6) is -0.00181. The first-order chi connectivity index (χ1) is 14.4. The molecule has 0 amide bonds. The Balaban J connectivity index is 1.91. The number of benzene rings is 1. The van der Waals surface area contributed by atoms with Gasteiger partial charge in [0.1, 0.15) is 5.75 Å². The summed E-state index contributed by atoms with van der Waals surface area (Å²) in [5, 5.41) is 10.2. The molecule has 4 rings (SSSR count). The van der Waals surface area contributed by atoms with Gasteiger partial charge >= 0.3 is 0 Å². The minimum atomic E-state index is -0.373. The first kappa shape index (κ1) is 21.8. The van der Waals surface area contributed by atoms with Crippen LogP contribution in [0.3, 0.4) is 0 Å². The van der Waals surface area contributed by atoms with Gasteiger partial charge in [0.25, 0.3) is 0 Å². The molecule has 0 atom stereocenters. The third-order valence-corrected chi connectivity index (χ3v) is 7.40. The van der Waals surface area contributed by atoms with Gasteiger partial charge < -0.3 is 14.7 Å². The van der Waals surface area contributed by atoms with E-state index in [2.05, 4.69) is 36.8 Å². The number of aromatic hydroxyl groups is 1. The number of phenolic OH excluding ortho intramolecular Hbond substituents is 1. The van der Waals surface area contributed by atoms with Crippen LogP contribution >= 0.6 is 31.9 Å². The number of hydrogen-bond donors (Lipinski definition) is 1. The third kappa shape index (κ3) is 3.80. The number of Topliss-reactive ketones (excluding diaryl/α,β-unsaturated/α-hetero) is 2. The highest BCUT2D eigenvalue weighted by Gasteiger charge is 2.43. The van der Waals surface area contributed by atoms with Gasteiger partial charge in [-0.2, -0.15) is 0 Å². The molecule has 0 saturated heterocycles. The molecule has 1 aliphatic heterocycles. The highest BCUT2D eigenvalue weighted by atomic mass is 79.9. The maximum atomic E-state index is 13.2. The Hall–Kier alpha value is -1.44. The fourth-order valence-electron chi connectivity index (χ4n) is 4.94. The van der Waals surface area contributed by atoms with Crippen LogP contribution in [0, 0.1) is 0 Å². The Morgan fingerprint density at radius 3 is 2.03 bits per heavy atom. The Morgan fingerprint density at radius 1 is 1.00 bits per heavy atom. The molecule has 0 saturated carbocycles. The maximum Gasteiger partial charge on any atom is 0.161 e. The Labute approximate surface area is 193 Å². The van der Waals surface area contributed by atoms with E-state index >= 15 is 0 Å². The van der Waals surface area contributed by atoms with E-state index in [1.54, 1.807) is 7.11 Å². The Morgan fingerprint density at radius 2 is 1.53 bits per heavy atom. The second-order valence-electron chi connectivity index (χ2n) is 8.04. The second kappa shape index (κ2) is 8.97. The number of ketones is 2. The van der Waals surface area contributed by atoms with E-state index in [1.165, 1.54) is 0 Å². The standard InChI is InChI=1S/C23H25Br2NO4/c1-30-10-4-9-26-16-5-2-7-18(27)21(16)20(22-17(26)6-3-8-19(22)28)13-11-14(24)23(29)15(25)12-13/h11-12,20,29H,2-10H2,1H3. The summed E-state index contributed by atoms with van der Waals surface area (Å²) < 4.78 is 6.34. The predicted octanol–water partition coefficient (Wildman–Crippen LogP) is 5.37. The highest BCUT2D eigenvalue weighted by Crippen LogP contribution is 2.50. The van der Waals surface area contributed by atoms with E-state index in [-0.39, 0.29) is 23.2 Å². The van der Waals surface area contributed by atoms with Crippen LogP contribution in [0.1, 0.15) is 56.4 Å². The van der Waals surface area contributed by atoms with Crippen molar-refractivity contribution in [1.29, 1.82) is 0 Å². The van der Waals surface area contributed by atoms with Crippen molar-refractivity contribution < 1.29 is 19.4 Å². The summed E-state index contributed by atoms with van der Waals surface area (Å²) in [6.45, 7) is 1.40. The van der Waals surface area contributed by atoms with E-state index in [4.69, 9.17) is 4.74 Å². The molecule has 1 heterocycles. The maximum absolute atomic E-state index is 13.2. The lowest BCUT2D eigenvalue weighted by molar-refractivity contribution is -0.117. The molecule has 7 heteroatoms. The number of carbonyl (C=O) groups is 2. The average Bonchev–Trinajstić information content (AvgIpc) is 2.72. The normalized spacial score (nSPS) is 20.0. The SMILES string of the molecule is COCCCN1C2=C(C(=O)CCC2)C(c2cc(Br)c(O)c(Br)c2)C2=C1CCCC2=O. The van der Waals surface area contributed by atoms with Gasteiger partial charge in [0.05, 0.1) is 8.95 Å².